The predicted molar refractivity (Wildman–Crippen MR) is 102 cm³/mol. The molecule has 2 rings (SSSR count). The second-order valence-electron chi connectivity index (χ2n) is 6.76. The van der Waals surface area contributed by atoms with Crippen LogP contribution in [0.15, 0.2) is 48.5 Å². The zero-order valence-corrected chi connectivity index (χ0v) is 16.3. The first-order valence-electron chi connectivity index (χ1n) is 9.17. The van der Waals surface area contributed by atoms with Gasteiger partial charge in [0.15, 0.2) is 18.0 Å². The minimum absolute atomic E-state index is 0.0384. The summed E-state index contributed by atoms with van der Waals surface area (Å²) in [6, 6.07) is 14.9. The minimum atomic E-state index is -2.92. The standard InChI is InChI=1S/C21H26F2N2O3/c1-14(2)20(16-7-5-4-6-8-16)25-13-19(26)24-12-15-9-10-17(28-21(22)23)18(11-15)27-3/h4-11,14,20-21,25H,12-13H2,1-3H3,(H,24,26)/p+1/t20-/m0/s1. The maximum Gasteiger partial charge on any atom is 0.387 e. The summed E-state index contributed by atoms with van der Waals surface area (Å²) in [4.78, 5) is 12.2. The summed E-state index contributed by atoms with van der Waals surface area (Å²) in [6.07, 6.45) is 0. The molecule has 3 N–H and O–H groups in total. The molecule has 0 saturated heterocycles. The number of nitrogens with one attached hydrogen (secondary N) is 1. The van der Waals surface area contributed by atoms with E-state index in [1.807, 2.05) is 23.5 Å². The van der Waals surface area contributed by atoms with Gasteiger partial charge in [-0.2, -0.15) is 8.78 Å². The van der Waals surface area contributed by atoms with Gasteiger partial charge in [-0.1, -0.05) is 50.2 Å². The summed E-state index contributed by atoms with van der Waals surface area (Å²) < 4.78 is 34.2. The Labute approximate surface area is 164 Å². The number of hydrogen-bond donors (Lipinski definition) is 2. The van der Waals surface area contributed by atoms with Gasteiger partial charge >= 0.3 is 6.61 Å². The Kier molecular flexibility index (Phi) is 8.19. The first-order chi connectivity index (χ1) is 13.4. The lowest BCUT2D eigenvalue weighted by Gasteiger charge is -2.19. The molecule has 1 atom stereocenters. The fourth-order valence-electron chi connectivity index (χ4n) is 2.99. The van der Waals surface area contributed by atoms with E-state index in [0.29, 0.717) is 12.5 Å². The Morgan fingerprint density at radius 1 is 1.11 bits per heavy atom. The highest BCUT2D eigenvalue weighted by Gasteiger charge is 2.20. The number of halogens is 2. The van der Waals surface area contributed by atoms with Crippen LogP contribution in [0, 0.1) is 5.92 Å². The van der Waals surface area contributed by atoms with Gasteiger partial charge in [-0.05, 0) is 17.7 Å². The maximum absolute atomic E-state index is 12.4. The van der Waals surface area contributed by atoms with E-state index in [9.17, 15) is 13.6 Å². The van der Waals surface area contributed by atoms with Crippen molar-refractivity contribution in [1.29, 1.82) is 0 Å². The Hall–Kier alpha value is -2.67. The van der Waals surface area contributed by atoms with Crippen LogP contribution in [0.25, 0.3) is 0 Å². The smallest absolute Gasteiger partial charge is 0.387 e. The monoisotopic (exact) mass is 393 g/mol. The molecule has 0 radical (unpaired) electrons. The molecule has 152 valence electrons. The van der Waals surface area contributed by atoms with Crippen molar-refractivity contribution in [3.05, 3.63) is 59.7 Å². The Bertz CT molecular complexity index is 755. The largest absolute Gasteiger partial charge is 0.493 e. The number of quaternary nitrogens is 1. The molecule has 0 unspecified atom stereocenters. The van der Waals surface area contributed by atoms with Crippen LogP contribution in [-0.4, -0.2) is 26.2 Å². The van der Waals surface area contributed by atoms with Crippen molar-refractivity contribution in [2.75, 3.05) is 13.7 Å². The summed E-state index contributed by atoms with van der Waals surface area (Å²) in [5, 5.41) is 4.86. The molecule has 2 aromatic carbocycles. The van der Waals surface area contributed by atoms with Crippen LogP contribution in [0.4, 0.5) is 8.78 Å². The lowest BCUT2D eigenvalue weighted by atomic mass is 9.96. The quantitative estimate of drug-likeness (QED) is 0.652. The molecule has 0 aliphatic rings. The van der Waals surface area contributed by atoms with Crippen LogP contribution in [0.5, 0.6) is 11.5 Å². The van der Waals surface area contributed by atoms with Gasteiger partial charge < -0.3 is 20.1 Å². The molecule has 28 heavy (non-hydrogen) atoms. The summed E-state index contributed by atoms with van der Waals surface area (Å²) >= 11 is 0. The van der Waals surface area contributed by atoms with E-state index in [-0.39, 0.29) is 30.0 Å². The number of rotatable bonds is 10. The zero-order chi connectivity index (χ0) is 20.5. The fraction of sp³-hybridized carbons (Fsp3) is 0.381. The lowest BCUT2D eigenvalue weighted by molar-refractivity contribution is -0.692. The van der Waals surface area contributed by atoms with Crippen LogP contribution in [0.2, 0.25) is 0 Å². The van der Waals surface area contributed by atoms with Gasteiger partial charge in [0, 0.05) is 18.0 Å². The summed E-state index contributed by atoms with van der Waals surface area (Å²) in [5.74, 6) is 0.432. The number of hydrogen-bond acceptors (Lipinski definition) is 3. The Balaban J connectivity index is 1.89. The third-order valence-electron chi connectivity index (χ3n) is 4.39. The number of carbonyl (C=O) groups excluding carboxylic acids is 1. The zero-order valence-electron chi connectivity index (χ0n) is 16.3. The average Bonchev–Trinajstić information content (AvgIpc) is 2.67. The van der Waals surface area contributed by atoms with Crippen LogP contribution in [0.3, 0.4) is 0 Å². The van der Waals surface area contributed by atoms with E-state index in [1.165, 1.54) is 18.7 Å². The molecule has 7 heteroatoms. The molecule has 0 aromatic heterocycles. The van der Waals surface area contributed by atoms with Crippen molar-refractivity contribution in [1.82, 2.24) is 5.32 Å². The van der Waals surface area contributed by atoms with Crippen LogP contribution in [-0.2, 0) is 11.3 Å². The first kappa shape index (κ1) is 21.6. The molecule has 0 heterocycles. The van der Waals surface area contributed by atoms with E-state index in [0.717, 1.165) is 5.56 Å². The highest BCUT2D eigenvalue weighted by atomic mass is 19.3. The molecule has 0 aliphatic carbocycles. The molecule has 0 fully saturated rings. The molecule has 0 saturated carbocycles. The lowest BCUT2D eigenvalue weighted by Crippen LogP contribution is -2.88. The molecule has 0 spiro atoms. The van der Waals surface area contributed by atoms with E-state index < -0.39 is 6.61 Å². The molecule has 0 aliphatic heterocycles. The SMILES string of the molecule is COc1cc(CNC(=O)C[NH2+][C@H](c2ccccc2)C(C)C)ccc1OC(F)F. The van der Waals surface area contributed by atoms with E-state index in [4.69, 9.17) is 4.74 Å². The van der Waals surface area contributed by atoms with Gasteiger partial charge in [0.05, 0.1) is 7.11 Å². The van der Waals surface area contributed by atoms with Gasteiger partial charge in [-0.25, -0.2) is 0 Å². The second kappa shape index (κ2) is 10.6. The Morgan fingerprint density at radius 2 is 1.82 bits per heavy atom. The third-order valence-corrected chi connectivity index (χ3v) is 4.39. The number of ether oxygens (including phenoxy) is 2. The van der Waals surface area contributed by atoms with Crippen LogP contribution >= 0.6 is 0 Å². The molecule has 0 bridgehead atoms. The van der Waals surface area contributed by atoms with Gasteiger partial charge in [0.25, 0.3) is 5.91 Å². The van der Waals surface area contributed by atoms with Gasteiger partial charge in [-0.3, -0.25) is 4.79 Å². The topological polar surface area (TPSA) is 64.2 Å². The van der Waals surface area contributed by atoms with Crippen molar-refractivity contribution >= 4 is 5.91 Å². The predicted octanol–water partition coefficient (Wildman–Crippen LogP) is 2.87. The number of methoxy groups -OCH3 is 1. The van der Waals surface area contributed by atoms with Gasteiger partial charge in [-0.15, -0.1) is 0 Å². The highest BCUT2D eigenvalue weighted by molar-refractivity contribution is 5.76. The van der Waals surface area contributed by atoms with E-state index >= 15 is 0 Å². The fourth-order valence-corrected chi connectivity index (χ4v) is 2.99. The molecular formula is C21H27F2N2O3+. The third kappa shape index (κ3) is 6.49. The van der Waals surface area contributed by atoms with Crippen molar-refractivity contribution < 1.29 is 28.4 Å². The number of benzene rings is 2. The van der Waals surface area contributed by atoms with Crippen molar-refractivity contribution in [3.8, 4) is 11.5 Å². The molecule has 5 nitrogen and oxygen atoms in total. The summed E-state index contributed by atoms with van der Waals surface area (Å²) in [7, 11) is 1.38. The highest BCUT2D eigenvalue weighted by Crippen LogP contribution is 2.29. The normalized spacial score (nSPS) is 12.1. The Morgan fingerprint density at radius 3 is 2.43 bits per heavy atom. The van der Waals surface area contributed by atoms with Gasteiger partial charge in [0.2, 0.25) is 0 Å². The van der Waals surface area contributed by atoms with Crippen molar-refractivity contribution in [2.24, 2.45) is 5.92 Å². The summed E-state index contributed by atoms with van der Waals surface area (Å²) in [6.45, 7) is 1.90. The van der Waals surface area contributed by atoms with Crippen molar-refractivity contribution in [2.45, 2.75) is 33.0 Å². The van der Waals surface area contributed by atoms with E-state index in [2.05, 4.69) is 36.0 Å². The second-order valence-corrected chi connectivity index (χ2v) is 6.76. The molecule has 2 aromatic rings. The first-order valence-corrected chi connectivity index (χ1v) is 9.17. The molecular weight excluding hydrogens is 366 g/mol. The van der Waals surface area contributed by atoms with Gasteiger partial charge in [0.1, 0.15) is 6.04 Å². The number of nitrogens with two attached hydrogens (primary N) is 1. The number of amides is 1. The number of carbonyl (C=O) groups is 1. The maximum atomic E-state index is 12.4. The average molecular weight is 393 g/mol. The van der Waals surface area contributed by atoms with Crippen LogP contribution in [0.1, 0.15) is 31.0 Å². The molecule has 1 amide bonds. The van der Waals surface area contributed by atoms with Crippen LogP contribution < -0.4 is 20.1 Å². The van der Waals surface area contributed by atoms with E-state index in [1.54, 1.807) is 12.1 Å². The minimum Gasteiger partial charge on any atom is -0.493 e. The number of alkyl halides is 2. The van der Waals surface area contributed by atoms with Crippen molar-refractivity contribution in [3.63, 3.8) is 0 Å². The summed E-state index contributed by atoms with van der Waals surface area (Å²) in [5.41, 5.74) is 1.92.